The summed E-state index contributed by atoms with van der Waals surface area (Å²) in [7, 11) is -3.40. The Bertz CT molecular complexity index is 804. The number of benzene rings is 2. The molecule has 0 aromatic heterocycles. The molecule has 128 valence electrons. The van der Waals surface area contributed by atoms with E-state index in [-0.39, 0.29) is 11.6 Å². The van der Waals surface area contributed by atoms with E-state index >= 15 is 0 Å². The molecular weight excluding hydrogens is 351 g/mol. The zero-order chi connectivity index (χ0) is 17.2. The van der Waals surface area contributed by atoms with Gasteiger partial charge in [-0.3, -0.25) is 0 Å². The first kappa shape index (κ1) is 17.2. The molecule has 0 N–H and O–H groups in total. The third-order valence-electron chi connectivity index (χ3n) is 4.09. The summed E-state index contributed by atoms with van der Waals surface area (Å²) >= 11 is 5.82. The number of halogens is 2. The predicted molar refractivity (Wildman–Crippen MR) is 94.3 cm³/mol. The van der Waals surface area contributed by atoms with Crippen LogP contribution in [0.3, 0.4) is 0 Å². The van der Waals surface area contributed by atoms with Crippen molar-refractivity contribution in [3.63, 3.8) is 0 Å². The Morgan fingerprint density at radius 3 is 2.21 bits per heavy atom. The lowest BCUT2D eigenvalue weighted by Gasteiger charge is -2.35. The molecule has 0 amide bonds. The van der Waals surface area contributed by atoms with Crippen LogP contribution in [0.5, 0.6) is 0 Å². The van der Waals surface area contributed by atoms with Crippen molar-refractivity contribution in [3.8, 4) is 0 Å². The third-order valence-corrected chi connectivity index (χ3v) is 6.19. The van der Waals surface area contributed by atoms with Crippen molar-refractivity contribution in [2.45, 2.75) is 5.75 Å². The summed E-state index contributed by atoms with van der Waals surface area (Å²) in [5.74, 6) is -0.334. The minimum absolute atomic E-state index is 0.0517. The molecule has 0 bridgehead atoms. The summed E-state index contributed by atoms with van der Waals surface area (Å²) < 4.78 is 40.4. The highest BCUT2D eigenvalue weighted by Crippen LogP contribution is 2.22. The second kappa shape index (κ2) is 7.09. The monoisotopic (exact) mass is 368 g/mol. The molecule has 2 aromatic carbocycles. The highest BCUT2D eigenvalue weighted by Gasteiger charge is 2.27. The Hall–Kier alpha value is -1.63. The van der Waals surface area contributed by atoms with Gasteiger partial charge in [0.15, 0.2) is 0 Å². The summed E-state index contributed by atoms with van der Waals surface area (Å²) in [6.45, 7) is 1.65. The van der Waals surface area contributed by atoms with Crippen LogP contribution in [-0.4, -0.2) is 38.9 Å². The van der Waals surface area contributed by atoms with Gasteiger partial charge in [-0.2, -0.15) is 4.31 Å². The maximum Gasteiger partial charge on any atom is 0.218 e. The van der Waals surface area contributed by atoms with Crippen LogP contribution in [0, 0.1) is 5.82 Å². The maximum atomic E-state index is 13.8. The molecule has 1 aliphatic rings. The topological polar surface area (TPSA) is 40.6 Å². The van der Waals surface area contributed by atoms with Crippen LogP contribution < -0.4 is 4.90 Å². The fourth-order valence-electron chi connectivity index (χ4n) is 2.80. The van der Waals surface area contributed by atoms with E-state index in [9.17, 15) is 12.8 Å². The highest BCUT2D eigenvalue weighted by molar-refractivity contribution is 7.88. The molecule has 1 heterocycles. The third kappa shape index (κ3) is 3.88. The first-order chi connectivity index (χ1) is 11.5. The van der Waals surface area contributed by atoms with Crippen molar-refractivity contribution >= 4 is 27.3 Å². The van der Waals surface area contributed by atoms with Crippen LogP contribution in [-0.2, 0) is 15.8 Å². The zero-order valence-electron chi connectivity index (χ0n) is 13.0. The number of anilines is 1. The van der Waals surface area contributed by atoms with E-state index in [4.69, 9.17) is 11.6 Å². The fourth-order valence-corrected chi connectivity index (χ4v) is 4.44. The van der Waals surface area contributed by atoms with Crippen LogP contribution in [0.25, 0.3) is 0 Å². The van der Waals surface area contributed by atoms with Gasteiger partial charge in [-0.05, 0) is 29.8 Å². The number of nitrogens with zero attached hydrogens (tertiary/aromatic N) is 2. The molecule has 4 nitrogen and oxygen atoms in total. The Labute approximate surface area is 146 Å². The normalized spacial score (nSPS) is 16.3. The first-order valence-electron chi connectivity index (χ1n) is 7.67. The van der Waals surface area contributed by atoms with Gasteiger partial charge in [-0.1, -0.05) is 35.9 Å². The molecule has 1 fully saturated rings. The van der Waals surface area contributed by atoms with Gasteiger partial charge in [0.2, 0.25) is 10.0 Å². The van der Waals surface area contributed by atoms with Gasteiger partial charge in [0.1, 0.15) is 5.82 Å². The van der Waals surface area contributed by atoms with E-state index in [1.165, 1.54) is 10.4 Å². The molecule has 1 aliphatic heterocycles. The Morgan fingerprint density at radius 2 is 1.58 bits per heavy atom. The van der Waals surface area contributed by atoms with Crippen molar-refractivity contribution in [2.24, 2.45) is 0 Å². The molecule has 2 aromatic rings. The average Bonchev–Trinajstić information content (AvgIpc) is 2.57. The van der Waals surface area contributed by atoms with Gasteiger partial charge in [-0.25, -0.2) is 12.8 Å². The van der Waals surface area contributed by atoms with Crippen molar-refractivity contribution in [1.29, 1.82) is 0 Å². The summed E-state index contributed by atoms with van der Waals surface area (Å²) in [5, 5.41) is 0.578. The molecule has 24 heavy (non-hydrogen) atoms. The molecule has 1 saturated heterocycles. The van der Waals surface area contributed by atoms with Gasteiger partial charge in [0, 0.05) is 31.2 Å². The van der Waals surface area contributed by atoms with Crippen molar-refractivity contribution in [1.82, 2.24) is 4.31 Å². The van der Waals surface area contributed by atoms with Gasteiger partial charge < -0.3 is 4.90 Å². The number of hydrogen-bond donors (Lipinski definition) is 0. The second-order valence-corrected chi connectivity index (χ2v) is 8.13. The SMILES string of the molecule is O=S(=O)(Cc1ccc(Cl)cc1)N1CCN(c2ccccc2F)CC1. The summed E-state index contributed by atoms with van der Waals surface area (Å²) in [4.78, 5) is 1.88. The number of sulfonamides is 1. The van der Waals surface area contributed by atoms with E-state index in [1.807, 2.05) is 4.90 Å². The van der Waals surface area contributed by atoms with E-state index in [0.29, 0.717) is 42.5 Å². The lowest BCUT2D eigenvalue weighted by molar-refractivity contribution is 0.382. The standard InChI is InChI=1S/C17H18ClFN2O2S/c18-15-7-5-14(6-8-15)13-24(22,23)21-11-9-20(10-12-21)17-4-2-1-3-16(17)19/h1-8H,9-13H2. The van der Waals surface area contributed by atoms with Crippen molar-refractivity contribution in [2.75, 3.05) is 31.1 Å². The van der Waals surface area contributed by atoms with E-state index in [2.05, 4.69) is 0 Å². The van der Waals surface area contributed by atoms with E-state index in [0.717, 1.165) is 0 Å². The van der Waals surface area contributed by atoms with Crippen molar-refractivity contribution in [3.05, 3.63) is 64.9 Å². The Balaban J connectivity index is 1.65. The maximum absolute atomic E-state index is 13.8. The number of para-hydroxylation sites is 1. The quantitative estimate of drug-likeness (QED) is 0.832. The van der Waals surface area contributed by atoms with Crippen LogP contribution in [0.1, 0.15) is 5.56 Å². The van der Waals surface area contributed by atoms with Gasteiger partial charge in [0.05, 0.1) is 11.4 Å². The molecule has 0 radical (unpaired) electrons. The summed E-state index contributed by atoms with van der Waals surface area (Å²) in [6, 6.07) is 13.4. The molecule has 0 aliphatic carbocycles. The first-order valence-corrected chi connectivity index (χ1v) is 9.66. The van der Waals surface area contributed by atoms with Crippen LogP contribution >= 0.6 is 11.6 Å². The Kier molecular flexibility index (Phi) is 5.08. The van der Waals surface area contributed by atoms with Crippen LogP contribution in [0.15, 0.2) is 48.5 Å². The zero-order valence-corrected chi connectivity index (χ0v) is 14.6. The lowest BCUT2D eigenvalue weighted by Crippen LogP contribution is -2.49. The summed E-state index contributed by atoms with van der Waals surface area (Å²) in [6.07, 6.45) is 0. The van der Waals surface area contributed by atoms with Crippen LogP contribution in [0.4, 0.5) is 10.1 Å². The largest absolute Gasteiger partial charge is 0.367 e. The highest BCUT2D eigenvalue weighted by atomic mass is 35.5. The molecule has 0 atom stereocenters. The number of hydrogen-bond acceptors (Lipinski definition) is 3. The van der Waals surface area contributed by atoms with Gasteiger partial charge >= 0.3 is 0 Å². The minimum atomic E-state index is -3.40. The van der Waals surface area contributed by atoms with E-state index < -0.39 is 10.0 Å². The smallest absolute Gasteiger partial charge is 0.218 e. The fraction of sp³-hybridized carbons (Fsp3) is 0.294. The second-order valence-electron chi connectivity index (χ2n) is 5.72. The van der Waals surface area contributed by atoms with Crippen LogP contribution in [0.2, 0.25) is 5.02 Å². The average molecular weight is 369 g/mol. The molecule has 7 heteroatoms. The molecule has 0 saturated carbocycles. The summed E-state index contributed by atoms with van der Waals surface area (Å²) in [5.41, 5.74) is 1.23. The Morgan fingerprint density at radius 1 is 0.958 bits per heavy atom. The molecule has 0 spiro atoms. The van der Waals surface area contributed by atoms with Gasteiger partial charge in [-0.15, -0.1) is 0 Å². The lowest BCUT2D eigenvalue weighted by atomic mass is 10.2. The minimum Gasteiger partial charge on any atom is -0.367 e. The number of piperazine rings is 1. The van der Waals surface area contributed by atoms with Crippen molar-refractivity contribution < 1.29 is 12.8 Å². The van der Waals surface area contributed by atoms with E-state index in [1.54, 1.807) is 42.5 Å². The predicted octanol–water partition coefficient (Wildman–Crippen LogP) is 3.13. The molecular formula is C17H18ClFN2O2S. The number of rotatable bonds is 4. The molecule has 0 unspecified atom stereocenters. The molecule has 3 rings (SSSR count). The van der Waals surface area contributed by atoms with Gasteiger partial charge in [0.25, 0.3) is 0 Å².